The zero-order valence-electron chi connectivity index (χ0n) is 11.8. The molecule has 1 aromatic carbocycles. The van der Waals surface area contributed by atoms with E-state index in [9.17, 15) is 0 Å². The van der Waals surface area contributed by atoms with E-state index < -0.39 is 0 Å². The van der Waals surface area contributed by atoms with Crippen LogP contribution < -0.4 is 5.32 Å². The lowest BCUT2D eigenvalue weighted by Crippen LogP contribution is -2.22. The third-order valence-corrected chi connectivity index (χ3v) is 5.68. The largest absolute Gasteiger partial charge is 0.309 e. The first kappa shape index (κ1) is 13.8. The van der Waals surface area contributed by atoms with Crippen LogP contribution in [0, 0.1) is 6.92 Å². The van der Waals surface area contributed by atoms with Gasteiger partial charge in [-0.25, -0.2) is 0 Å². The maximum atomic E-state index is 3.63. The molecule has 0 aliphatic carbocycles. The maximum absolute atomic E-state index is 3.63. The Bertz CT molecular complexity index is 667. The molecule has 3 heteroatoms. The molecule has 0 radical (unpaired) electrons. The van der Waals surface area contributed by atoms with Crippen LogP contribution in [0.2, 0.25) is 0 Å². The van der Waals surface area contributed by atoms with Gasteiger partial charge in [0.2, 0.25) is 0 Å². The molecule has 104 valence electrons. The number of thiophene rings is 2. The Morgan fingerprint density at radius 3 is 2.80 bits per heavy atom. The van der Waals surface area contributed by atoms with E-state index in [1.807, 2.05) is 22.7 Å². The van der Waals surface area contributed by atoms with Gasteiger partial charge in [-0.15, -0.1) is 22.7 Å². The first-order valence-electron chi connectivity index (χ1n) is 7.02. The fourth-order valence-corrected chi connectivity index (χ4v) is 4.75. The van der Waals surface area contributed by atoms with Crippen molar-refractivity contribution in [1.29, 1.82) is 0 Å². The molecule has 1 atom stereocenters. The highest BCUT2D eigenvalue weighted by molar-refractivity contribution is 7.26. The molecule has 3 aromatic rings. The van der Waals surface area contributed by atoms with Gasteiger partial charge in [-0.2, -0.15) is 0 Å². The summed E-state index contributed by atoms with van der Waals surface area (Å²) >= 11 is 3.76. The zero-order chi connectivity index (χ0) is 13.9. The molecule has 0 fully saturated rings. The molecule has 0 saturated carbocycles. The minimum atomic E-state index is 0.423. The molecule has 0 bridgehead atoms. The summed E-state index contributed by atoms with van der Waals surface area (Å²) in [6, 6.07) is 13.8. The molecule has 0 amide bonds. The van der Waals surface area contributed by atoms with E-state index in [4.69, 9.17) is 0 Å². The van der Waals surface area contributed by atoms with Gasteiger partial charge in [0, 0.05) is 20.3 Å². The minimum absolute atomic E-state index is 0.423. The predicted octanol–water partition coefficient (Wildman–Crippen LogP) is 5.16. The first-order chi connectivity index (χ1) is 9.76. The Morgan fingerprint density at radius 2 is 2.05 bits per heavy atom. The topological polar surface area (TPSA) is 12.0 Å². The number of likely N-dealkylation sites (N-methyl/N-ethyl adjacent to an activating group) is 1. The average molecular weight is 301 g/mol. The lowest BCUT2D eigenvalue weighted by molar-refractivity contribution is 0.558. The van der Waals surface area contributed by atoms with E-state index in [-0.39, 0.29) is 0 Å². The molecular weight excluding hydrogens is 282 g/mol. The van der Waals surface area contributed by atoms with Crippen molar-refractivity contribution < 1.29 is 0 Å². The molecular formula is C17H19NS2. The number of hydrogen-bond donors (Lipinski definition) is 1. The summed E-state index contributed by atoms with van der Waals surface area (Å²) < 4.78 is 2.83. The summed E-state index contributed by atoms with van der Waals surface area (Å²) in [5.41, 5.74) is 2.75. The van der Waals surface area contributed by atoms with Crippen molar-refractivity contribution in [2.75, 3.05) is 6.54 Å². The van der Waals surface area contributed by atoms with Gasteiger partial charge in [0.25, 0.3) is 0 Å². The highest BCUT2D eigenvalue weighted by Crippen LogP contribution is 2.34. The zero-order valence-corrected chi connectivity index (χ0v) is 13.5. The Hall–Kier alpha value is -1.16. The Labute approximate surface area is 128 Å². The van der Waals surface area contributed by atoms with Gasteiger partial charge < -0.3 is 5.32 Å². The molecule has 1 unspecified atom stereocenters. The lowest BCUT2D eigenvalue weighted by atomic mass is 10.0. The second kappa shape index (κ2) is 6.08. The molecule has 0 aliphatic heterocycles. The molecule has 1 nitrogen and oxygen atoms in total. The van der Waals surface area contributed by atoms with Gasteiger partial charge in [-0.05, 0) is 43.0 Å². The van der Waals surface area contributed by atoms with Crippen LogP contribution in [-0.2, 0) is 6.42 Å². The van der Waals surface area contributed by atoms with Crippen LogP contribution in [0.3, 0.4) is 0 Å². The number of fused-ring (bicyclic) bond motifs is 1. The second-order valence-corrected chi connectivity index (χ2v) is 7.16. The number of hydrogen-bond acceptors (Lipinski definition) is 3. The summed E-state index contributed by atoms with van der Waals surface area (Å²) in [4.78, 5) is 1.45. The van der Waals surface area contributed by atoms with Crippen LogP contribution in [0.4, 0.5) is 0 Å². The molecule has 3 rings (SSSR count). The van der Waals surface area contributed by atoms with Crippen LogP contribution in [-0.4, -0.2) is 6.54 Å². The van der Waals surface area contributed by atoms with Crippen molar-refractivity contribution in [3.8, 4) is 0 Å². The number of nitrogens with one attached hydrogen (secondary N) is 1. The van der Waals surface area contributed by atoms with Crippen molar-refractivity contribution >= 4 is 32.1 Å². The molecule has 20 heavy (non-hydrogen) atoms. The summed E-state index contributed by atoms with van der Waals surface area (Å²) in [5.74, 6) is 0. The highest BCUT2D eigenvalue weighted by Gasteiger charge is 2.15. The van der Waals surface area contributed by atoms with E-state index >= 15 is 0 Å². The van der Waals surface area contributed by atoms with Gasteiger partial charge in [0.05, 0.1) is 0 Å². The van der Waals surface area contributed by atoms with Gasteiger partial charge in [-0.3, -0.25) is 0 Å². The fourth-order valence-electron chi connectivity index (χ4n) is 2.55. The van der Waals surface area contributed by atoms with Crippen LogP contribution in [0.5, 0.6) is 0 Å². The molecule has 2 aromatic heterocycles. The summed E-state index contributed by atoms with van der Waals surface area (Å²) in [6.45, 7) is 5.34. The van der Waals surface area contributed by atoms with Gasteiger partial charge in [0.1, 0.15) is 0 Å². The van der Waals surface area contributed by atoms with Crippen LogP contribution in [0.15, 0.2) is 41.8 Å². The SMILES string of the molecule is CCNC(Cc1cccc(C)c1)c1cc2sccc2s1. The predicted molar refractivity (Wildman–Crippen MR) is 91.0 cm³/mol. The number of benzene rings is 1. The number of rotatable bonds is 5. The van der Waals surface area contributed by atoms with Crippen LogP contribution >= 0.6 is 22.7 Å². The summed E-state index contributed by atoms with van der Waals surface area (Å²) in [6.07, 6.45) is 1.06. The third kappa shape index (κ3) is 2.95. The minimum Gasteiger partial charge on any atom is -0.309 e. The molecule has 1 N–H and O–H groups in total. The van der Waals surface area contributed by atoms with E-state index in [1.54, 1.807) is 0 Å². The molecule has 0 saturated heterocycles. The smallest absolute Gasteiger partial charge is 0.0456 e. The highest BCUT2D eigenvalue weighted by atomic mass is 32.1. The standard InChI is InChI=1S/C17H19NS2/c1-3-18-14(10-13-6-4-5-12(2)9-13)16-11-17-15(20-16)7-8-19-17/h4-9,11,14,18H,3,10H2,1-2H3. The van der Waals surface area contributed by atoms with Crippen LogP contribution in [0.1, 0.15) is 29.0 Å². The van der Waals surface area contributed by atoms with E-state index in [1.165, 1.54) is 25.4 Å². The van der Waals surface area contributed by atoms with E-state index in [0.29, 0.717) is 6.04 Å². The monoisotopic (exact) mass is 301 g/mol. The summed E-state index contributed by atoms with van der Waals surface area (Å²) in [7, 11) is 0. The maximum Gasteiger partial charge on any atom is 0.0456 e. The molecule has 2 heterocycles. The normalized spacial score (nSPS) is 12.9. The van der Waals surface area contributed by atoms with Gasteiger partial charge in [0.15, 0.2) is 0 Å². The molecule has 0 spiro atoms. The summed E-state index contributed by atoms with van der Waals surface area (Å²) in [5, 5.41) is 5.81. The van der Waals surface area contributed by atoms with E-state index in [2.05, 4.69) is 60.9 Å². The number of aryl methyl sites for hydroxylation is 1. The quantitative estimate of drug-likeness (QED) is 0.686. The van der Waals surface area contributed by atoms with Crippen molar-refractivity contribution in [2.24, 2.45) is 0 Å². The van der Waals surface area contributed by atoms with E-state index in [0.717, 1.165) is 13.0 Å². The van der Waals surface area contributed by atoms with Crippen molar-refractivity contribution in [3.63, 3.8) is 0 Å². The van der Waals surface area contributed by atoms with Crippen molar-refractivity contribution in [2.45, 2.75) is 26.3 Å². The average Bonchev–Trinajstić information content (AvgIpc) is 2.99. The second-order valence-electron chi connectivity index (χ2n) is 5.10. The van der Waals surface area contributed by atoms with Gasteiger partial charge in [-0.1, -0.05) is 36.8 Å². The Balaban J connectivity index is 1.86. The van der Waals surface area contributed by atoms with Crippen molar-refractivity contribution in [1.82, 2.24) is 5.32 Å². The first-order valence-corrected chi connectivity index (χ1v) is 8.71. The Kier molecular flexibility index (Phi) is 4.20. The van der Waals surface area contributed by atoms with Crippen LogP contribution in [0.25, 0.3) is 9.40 Å². The molecule has 0 aliphatic rings. The van der Waals surface area contributed by atoms with Gasteiger partial charge >= 0.3 is 0 Å². The third-order valence-electron chi connectivity index (χ3n) is 3.47. The Morgan fingerprint density at radius 1 is 1.15 bits per heavy atom. The van der Waals surface area contributed by atoms with Crippen molar-refractivity contribution in [3.05, 3.63) is 57.8 Å². The lowest BCUT2D eigenvalue weighted by Gasteiger charge is -2.16. The fraction of sp³-hybridized carbons (Fsp3) is 0.294.